The van der Waals surface area contributed by atoms with E-state index >= 15 is 0 Å². The molecule has 1 aliphatic carbocycles. The second-order valence-electron chi connectivity index (χ2n) is 9.31. The van der Waals surface area contributed by atoms with Crippen molar-refractivity contribution >= 4 is 34.3 Å². The number of nitrogens with zero attached hydrogens (tertiary/aromatic N) is 1. The van der Waals surface area contributed by atoms with Gasteiger partial charge in [0.2, 0.25) is 0 Å². The molecule has 1 aliphatic heterocycles. The molecule has 2 nitrogen and oxygen atoms in total. The van der Waals surface area contributed by atoms with Crippen LogP contribution in [0.1, 0.15) is 47.9 Å². The summed E-state index contributed by atoms with van der Waals surface area (Å²) in [7, 11) is 0. The number of ether oxygens (including phenoxy) is 1. The van der Waals surface area contributed by atoms with E-state index in [1.165, 1.54) is 22.3 Å². The highest BCUT2D eigenvalue weighted by Gasteiger charge is 2.24. The lowest BCUT2D eigenvalue weighted by molar-refractivity contribution is 0.198. The summed E-state index contributed by atoms with van der Waals surface area (Å²) < 4.78 is 18.8. The molecule has 0 bridgehead atoms. The van der Waals surface area contributed by atoms with Gasteiger partial charge < -0.3 is 4.74 Å². The third kappa shape index (κ3) is 5.58. The topological polar surface area (TPSA) is 12.5 Å². The van der Waals surface area contributed by atoms with Gasteiger partial charge in [0.25, 0.3) is 0 Å². The molecule has 5 heteroatoms. The van der Waals surface area contributed by atoms with Gasteiger partial charge >= 0.3 is 0 Å². The maximum Gasteiger partial charge on any atom is 0.119 e. The standard InChI is InChI=1S/C30H29Cl2FNO/c31-23-11-14-27(29(32)19-23)28-8-3-6-21-5-1-2-7-26(21)30(28)22-9-12-24(13-10-22)35-25-15-18-34(20-25)17-4-16-33/h2,5,7,9-14,19,25H,3-4,6,8,15-18,20H2/t25-/m0/s1. The summed E-state index contributed by atoms with van der Waals surface area (Å²) in [6, 6.07) is 23.7. The van der Waals surface area contributed by atoms with Crippen LogP contribution in [0.3, 0.4) is 0 Å². The average Bonchev–Trinajstić information content (AvgIpc) is 3.22. The van der Waals surface area contributed by atoms with Crippen LogP contribution in [0.4, 0.5) is 4.39 Å². The van der Waals surface area contributed by atoms with Gasteiger partial charge in [0.1, 0.15) is 11.9 Å². The van der Waals surface area contributed by atoms with Crippen LogP contribution in [0.5, 0.6) is 5.75 Å². The van der Waals surface area contributed by atoms with Gasteiger partial charge in [-0.1, -0.05) is 59.6 Å². The maximum atomic E-state index is 12.5. The third-order valence-electron chi connectivity index (χ3n) is 6.93. The van der Waals surface area contributed by atoms with Crippen molar-refractivity contribution in [3.05, 3.63) is 99.0 Å². The maximum absolute atomic E-state index is 12.5. The lowest BCUT2D eigenvalue weighted by Gasteiger charge is -2.19. The molecule has 5 rings (SSSR count). The first-order chi connectivity index (χ1) is 17.1. The Balaban J connectivity index is 1.47. The Bertz CT molecular complexity index is 1210. The molecule has 1 atom stereocenters. The van der Waals surface area contributed by atoms with Crippen molar-refractivity contribution in [2.75, 3.05) is 26.3 Å². The fourth-order valence-electron chi connectivity index (χ4n) is 5.26. The van der Waals surface area contributed by atoms with Crippen LogP contribution in [0.2, 0.25) is 10.0 Å². The lowest BCUT2D eigenvalue weighted by Crippen LogP contribution is -2.26. The van der Waals surface area contributed by atoms with Crippen LogP contribution in [0, 0.1) is 6.07 Å². The molecule has 0 spiro atoms. The van der Waals surface area contributed by atoms with Gasteiger partial charge in [-0.25, -0.2) is 0 Å². The minimum Gasteiger partial charge on any atom is -0.489 e. The van der Waals surface area contributed by atoms with Gasteiger partial charge in [-0.3, -0.25) is 9.29 Å². The summed E-state index contributed by atoms with van der Waals surface area (Å²) in [6.07, 6.45) is 4.70. The van der Waals surface area contributed by atoms with E-state index in [0.717, 1.165) is 62.2 Å². The van der Waals surface area contributed by atoms with E-state index < -0.39 is 0 Å². The first kappa shape index (κ1) is 24.4. The lowest BCUT2D eigenvalue weighted by atomic mass is 9.88. The Morgan fingerprint density at radius 1 is 1.03 bits per heavy atom. The molecule has 2 aliphatic rings. The van der Waals surface area contributed by atoms with Crippen molar-refractivity contribution in [3.8, 4) is 5.75 Å². The Kier molecular flexibility index (Phi) is 7.77. The SMILES string of the molecule is FCCCN1CC[C@H](Oc2ccc(C3=C(c4ccc(Cl)cc4Cl)CCCc4c[c]ccc43)cc2)C1. The molecular weight excluding hydrogens is 480 g/mol. The number of fused-ring (bicyclic) bond motifs is 1. The summed E-state index contributed by atoms with van der Waals surface area (Å²) in [5.74, 6) is 0.869. The number of hydrogen-bond acceptors (Lipinski definition) is 2. The average molecular weight is 509 g/mol. The van der Waals surface area contributed by atoms with Crippen molar-refractivity contribution in [3.63, 3.8) is 0 Å². The smallest absolute Gasteiger partial charge is 0.119 e. The highest BCUT2D eigenvalue weighted by Crippen LogP contribution is 2.42. The number of benzene rings is 3. The fraction of sp³-hybridized carbons (Fsp3) is 0.333. The number of halogens is 3. The zero-order chi connectivity index (χ0) is 24.2. The van der Waals surface area contributed by atoms with Gasteiger partial charge in [0, 0.05) is 29.7 Å². The van der Waals surface area contributed by atoms with Crippen molar-refractivity contribution in [2.45, 2.75) is 38.2 Å². The minimum atomic E-state index is -0.260. The number of aryl methyl sites for hydroxylation is 1. The van der Waals surface area contributed by atoms with Crippen LogP contribution in [-0.2, 0) is 6.42 Å². The molecule has 181 valence electrons. The van der Waals surface area contributed by atoms with Gasteiger partial charge in [-0.15, -0.1) is 0 Å². The number of hydrogen-bond donors (Lipinski definition) is 0. The second-order valence-corrected chi connectivity index (χ2v) is 10.2. The molecular formula is C30H29Cl2FNO. The third-order valence-corrected chi connectivity index (χ3v) is 7.48. The molecule has 0 unspecified atom stereocenters. The number of allylic oxidation sites excluding steroid dienone is 1. The van der Waals surface area contributed by atoms with Crippen LogP contribution in [0.25, 0.3) is 11.1 Å². The molecule has 1 saturated heterocycles. The largest absolute Gasteiger partial charge is 0.489 e. The molecule has 3 aromatic carbocycles. The Morgan fingerprint density at radius 2 is 1.89 bits per heavy atom. The highest BCUT2D eigenvalue weighted by atomic mass is 35.5. The number of rotatable bonds is 7. The molecule has 35 heavy (non-hydrogen) atoms. The van der Waals surface area contributed by atoms with E-state index in [-0.39, 0.29) is 12.8 Å². The quantitative estimate of drug-likeness (QED) is 0.321. The summed E-state index contributed by atoms with van der Waals surface area (Å²) in [5, 5.41) is 1.32. The Hall–Kier alpha value is -2.33. The van der Waals surface area contributed by atoms with Crippen LogP contribution in [-0.4, -0.2) is 37.3 Å². The molecule has 0 saturated carbocycles. The number of alkyl halides is 1. The summed E-state index contributed by atoms with van der Waals surface area (Å²) in [5.41, 5.74) is 7.16. The van der Waals surface area contributed by atoms with E-state index in [1.807, 2.05) is 24.3 Å². The van der Waals surface area contributed by atoms with Crippen molar-refractivity contribution in [1.82, 2.24) is 4.90 Å². The second kappa shape index (κ2) is 11.2. The monoisotopic (exact) mass is 508 g/mol. The fourth-order valence-corrected chi connectivity index (χ4v) is 5.79. The van der Waals surface area contributed by atoms with Crippen LogP contribution < -0.4 is 4.74 Å². The summed E-state index contributed by atoms with van der Waals surface area (Å²) >= 11 is 12.9. The Labute approximate surface area is 217 Å². The minimum absolute atomic E-state index is 0.150. The molecule has 1 radical (unpaired) electrons. The number of likely N-dealkylation sites (tertiary alicyclic amines) is 1. The Morgan fingerprint density at radius 3 is 2.69 bits per heavy atom. The van der Waals surface area contributed by atoms with Gasteiger partial charge in [0.15, 0.2) is 0 Å². The first-order valence-corrected chi connectivity index (χ1v) is 13.1. The van der Waals surface area contributed by atoms with E-state index in [9.17, 15) is 4.39 Å². The molecule has 0 aromatic heterocycles. The molecule has 0 N–H and O–H groups in total. The van der Waals surface area contributed by atoms with E-state index in [2.05, 4.69) is 47.4 Å². The van der Waals surface area contributed by atoms with E-state index in [1.54, 1.807) is 0 Å². The summed E-state index contributed by atoms with van der Waals surface area (Å²) in [4.78, 5) is 2.28. The predicted octanol–water partition coefficient (Wildman–Crippen LogP) is 7.90. The van der Waals surface area contributed by atoms with Crippen molar-refractivity contribution in [1.29, 1.82) is 0 Å². The van der Waals surface area contributed by atoms with E-state index in [4.69, 9.17) is 27.9 Å². The van der Waals surface area contributed by atoms with Crippen LogP contribution in [0.15, 0.2) is 60.7 Å². The zero-order valence-electron chi connectivity index (χ0n) is 19.7. The molecule has 1 fully saturated rings. The zero-order valence-corrected chi connectivity index (χ0v) is 21.2. The van der Waals surface area contributed by atoms with Gasteiger partial charge in [-0.05, 0) is 95.8 Å². The molecule has 0 amide bonds. The normalized spacial score (nSPS) is 18.4. The first-order valence-electron chi connectivity index (χ1n) is 12.4. The van der Waals surface area contributed by atoms with Gasteiger partial charge in [-0.2, -0.15) is 0 Å². The van der Waals surface area contributed by atoms with Crippen molar-refractivity contribution in [2.24, 2.45) is 0 Å². The highest BCUT2D eigenvalue weighted by molar-refractivity contribution is 6.36. The molecule has 1 heterocycles. The van der Waals surface area contributed by atoms with Gasteiger partial charge in [0.05, 0.1) is 6.67 Å². The summed E-state index contributed by atoms with van der Waals surface area (Å²) in [6.45, 7) is 2.37. The predicted molar refractivity (Wildman–Crippen MR) is 143 cm³/mol. The molecule has 3 aromatic rings. The van der Waals surface area contributed by atoms with Crippen molar-refractivity contribution < 1.29 is 9.13 Å². The van der Waals surface area contributed by atoms with E-state index in [0.29, 0.717) is 16.5 Å². The van der Waals surface area contributed by atoms with Crippen LogP contribution >= 0.6 is 23.2 Å².